The van der Waals surface area contributed by atoms with Gasteiger partial charge in [0.15, 0.2) is 0 Å². The van der Waals surface area contributed by atoms with Gasteiger partial charge >= 0.3 is 0 Å². The summed E-state index contributed by atoms with van der Waals surface area (Å²) in [7, 11) is 0. The fraction of sp³-hybridized carbons (Fsp3) is 0.200. The highest BCUT2D eigenvalue weighted by Gasteiger charge is 2.30. The summed E-state index contributed by atoms with van der Waals surface area (Å²) in [5.41, 5.74) is 8.94. The van der Waals surface area contributed by atoms with Crippen LogP contribution in [0.4, 0.5) is 0 Å². The van der Waals surface area contributed by atoms with E-state index in [0.717, 1.165) is 11.3 Å². The fourth-order valence-electron chi connectivity index (χ4n) is 2.43. The first-order valence-electron chi connectivity index (χ1n) is 6.10. The SMILES string of the molecule is NC1c2ccccc2CC1Sc1ccc(Cl)c(Cl)c1. The quantitative estimate of drug-likeness (QED) is 0.869. The van der Waals surface area contributed by atoms with Gasteiger partial charge in [-0.3, -0.25) is 0 Å². The van der Waals surface area contributed by atoms with Gasteiger partial charge in [0.05, 0.1) is 10.0 Å². The molecular weight excluding hydrogens is 297 g/mol. The van der Waals surface area contributed by atoms with Crippen LogP contribution in [-0.4, -0.2) is 5.25 Å². The van der Waals surface area contributed by atoms with Crippen molar-refractivity contribution in [2.24, 2.45) is 5.73 Å². The number of rotatable bonds is 2. The van der Waals surface area contributed by atoms with E-state index in [1.807, 2.05) is 24.3 Å². The van der Waals surface area contributed by atoms with Crippen molar-refractivity contribution >= 4 is 35.0 Å². The molecule has 1 nitrogen and oxygen atoms in total. The molecular formula is C15H13Cl2NS. The van der Waals surface area contributed by atoms with E-state index in [1.165, 1.54) is 11.1 Å². The fourth-order valence-corrected chi connectivity index (χ4v) is 4.03. The smallest absolute Gasteiger partial charge is 0.0603 e. The number of halogens is 2. The Labute approximate surface area is 127 Å². The van der Waals surface area contributed by atoms with Crippen molar-refractivity contribution in [3.8, 4) is 0 Å². The van der Waals surface area contributed by atoms with Crippen molar-refractivity contribution in [2.45, 2.75) is 22.6 Å². The monoisotopic (exact) mass is 309 g/mol. The molecule has 0 saturated carbocycles. The highest BCUT2D eigenvalue weighted by Crippen LogP contribution is 2.41. The lowest BCUT2D eigenvalue weighted by Crippen LogP contribution is -2.18. The van der Waals surface area contributed by atoms with Gasteiger partial charge in [-0.05, 0) is 35.7 Å². The van der Waals surface area contributed by atoms with E-state index in [2.05, 4.69) is 18.2 Å². The van der Waals surface area contributed by atoms with Gasteiger partial charge in [0, 0.05) is 16.2 Å². The number of nitrogens with two attached hydrogens (primary N) is 1. The summed E-state index contributed by atoms with van der Waals surface area (Å²) < 4.78 is 0. The minimum atomic E-state index is 0.0793. The zero-order valence-electron chi connectivity index (χ0n) is 10.1. The zero-order valence-corrected chi connectivity index (χ0v) is 12.5. The van der Waals surface area contributed by atoms with Gasteiger partial charge in [-0.15, -0.1) is 11.8 Å². The molecule has 19 heavy (non-hydrogen) atoms. The highest BCUT2D eigenvalue weighted by molar-refractivity contribution is 8.00. The molecule has 2 aromatic rings. The van der Waals surface area contributed by atoms with Crippen molar-refractivity contribution in [3.63, 3.8) is 0 Å². The molecule has 3 rings (SSSR count). The van der Waals surface area contributed by atoms with Crippen LogP contribution in [-0.2, 0) is 6.42 Å². The van der Waals surface area contributed by atoms with Crippen LogP contribution in [0.25, 0.3) is 0 Å². The normalized spacial score (nSPS) is 21.4. The Bertz CT molecular complexity index is 615. The lowest BCUT2D eigenvalue weighted by molar-refractivity contribution is 0.731. The maximum Gasteiger partial charge on any atom is 0.0603 e. The van der Waals surface area contributed by atoms with Crippen molar-refractivity contribution in [3.05, 3.63) is 63.6 Å². The van der Waals surface area contributed by atoms with Crippen molar-refractivity contribution < 1.29 is 0 Å². The number of fused-ring (bicyclic) bond motifs is 1. The van der Waals surface area contributed by atoms with Gasteiger partial charge in [0.25, 0.3) is 0 Å². The van der Waals surface area contributed by atoms with Crippen LogP contribution >= 0.6 is 35.0 Å². The first kappa shape index (κ1) is 13.3. The molecule has 2 N–H and O–H groups in total. The average Bonchev–Trinajstić information content (AvgIpc) is 2.72. The largest absolute Gasteiger partial charge is 0.323 e. The average molecular weight is 310 g/mol. The van der Waals surface area contributed by atoms with E-state index in [9.17, 15) is 0 Å². The second kappa shape index (κ2) is 5.37. The van der Waals surface area contributed by atoms with Crippen LogP contribution in [0.1, 0.15) is 17.2 Å². The highest BCUT2D eigenvalue weighted by atomic mass is 35.5. The standard InChI is InChI=1S/C15H13Cl2NS/c16-12-6-5-10(8-13(12)17)19-14-7-9-3-1-2-4-11(9)15(14)18/h1-6,8,14-15H,7,18H2. The Morgan fingerprint density at radius 2 is 1.84 bits per heavy atom. The number of hydrogen-bond acceptors (Lipinski definition) is 2. The van der Waals surface area contributed by atoms with Crippen molar-refractivity contribution in [1.29, 1.82) is 0 Å². The van der Waals surface area contributed by atoms with Gasteiger partial charge in [-0.2, -0.15) is 0 Å². The van der Waals surface area contributed by atoms with Crippen LogP contribution in [0.5, 0.6) is 0 Å². The molecule has 0 fully saturated rings. The summed E-state index contributed by atoms with van der Waals surface area (Å²) in [6.07, 6.45) is 1.00. The Balaban J connectivity index is 1.80. The predicted molar refractivity (Wildman–Crippen MR) is 83.2 cm³/mol. The molecule has 98 valence electrons. The molecule has 0 bridgehead atoms. The maximum absolute atomic E-state index is 6.33. The molecule has 1 aliphatic carbocycles. The molecule has 0 aliphatic heterocycles. The Hall–Kier alpha value is -0.670. The van der Waals surface area contributed by atoms with E-state index in [0.29, 0.717) is 15.3 Å². The van der Waals surface area contributed by atoms with Crippen LogP contribution in [0.2, 0.25) is 10.0 Å². The van der Waals surface area contributed by atoms with Crippen LogP contribution in [0.3, 0.4) is 0 Å². The molecule has 0 radical (unpaired) electrons. The Morgan fingerprint density at radius 1 is 1.05 bits per heavy atom. The summed E-state index contributed by atoms with van der Waals surface area (Å²) >= 11 is 13.8. The van der Waals surface area contributed by atoms with Crippen LogP contribution in [0, 0.1) is 0 Å². The molecule has 1 aliphatic rings. The van der Waals surface area contributed by atoms with E-state index < -0.39 is 0 Å². The molecule has 0 saturated heterocycles. The summed E-state index contributed by atoms with van der Waals surface area (Å²) in [6.45, 7) is 0. The second-order valence-electron chi connectivity index (χ2n) is 4.66. The van der Waals surface area contributed by atoms with E-state index in [1.54, 1.807) is 11.8 Å². The third kappa shape index (κ3) is 2.63. The second-order valence-corrected chi connectivity index (χ2v) is 6.79. The molecule has 2 atom stereocenters. The third-order valence-electron chi connectivity index (χ3n) is 3.41. The predicted octanol–water partition coefficient (Wildman–Crippen LogP) is 4.71. The Morgan fingerprint density at radius 3 is 2.58 bits per heavy atom. The topological polar surface area (TPSA) is 26.0 Å². The summed E-state index contributed by atoms with van der Waals surface area (Å²) in [4.78, 5) is 1.11. The minimum absolute atomic E-state index is 0.0793. The lowest BCUT2D eigenvalue weighted by atomic mass is 10.1. The molecule has 0 heterocycles. The molecule has 0 spiro atoms. The van der Waals surface area contributed by atoms with Crippen LogP contribution < -0.4 is 5.73 Å². The van der Waals surface area contributed by atoms with E-state index in [-0.39, 0.29) is 6.04 Å². The number of thioether (sulfide) groups is 1. The molecule has 2 unspecified atom stereocenters. The maximum atomic E-state index is 6.33. The van der Waals surface area contributed by atoms with E-state index in [4.69, 9.17) is 28.9 Å². The number of hydrogen-bond donors (Lipinski definition) is 1. The first-order valence-corrected chi connectivity index (χ1v) is 7.74. The molecule has 0 amide bonds. The van der Waals surface area contributed by atoms with Gasteiger partial charge in [0.2, 0.25) is 0 Å². The summed E-state index contributed by atoms with van der Waals surface area (Å²) in [5.74, 6) is 0. The van der Waals surface area contributed by atoms with Gasteiger partial charge in [0.1, 0.15) is 0 Å². The molecule has 2 aromatic carbocycles. The minimum Gasteiger partial charge on any atom is -0.323 e. The van der Waals surface area contributed by atoms with Crippen LogP contribution in [0.15, 0.2) is 47.4 Å². The van der Waals surface area contributed by atoms with Crippen molar-refractivity contribution in [1.82, 2.24) is 0 Å². The van der Waals surface area contributed by atoms with Gasteiger partial charge < -0.3 is 5.73 Å². The summed E-state index contributed by atoms with van der Waals surface area (Å²) in [6, 6.07) is 14.2. The van der Waals surface area contributed by atoms with Gasteiger partial charge in [-0.25, -0.2) is 0 Å². The van der Waals surface area contributed by atoms with E-state index >= 15 is 0 Å². The van der Waals surface area contributed by atoms with Crippen molar-refractivity contribution in [2.75, 3.05) is 0 Å². The lowest BCUT2D eigenvalue weighted by Gasteiger charge is -2.15. The molecule has 4 heteroatoms. The Kier molecular flexibility index (Phi) is 3.77. The molecule has 0 aromatic heterocycles. The van der Waals surface area contributed by atoms with Gasteiger partial charge in [-0.1, -0.05) is 47.5 Å². The summed E-state index contributed by atoms with van der Waals surface area (Å²) in [5, 5.41) is 1.54. The number of benzene rings is 2. The third-order valence-corrected chi connectivity index (χ3v) is 5.44. The first-order chi connectivity index (χ1) is 9.15. The zero-order chi connectivity index (χ0) is 13.4.